The summed E-state index contributed by atoms with van der Waals surface area (Å²) in [7, 11) is -2.56. The molecule has 2 aromatic carbocycles. The van der Waals surface area contributed by atoms with E-state index >= 15 is 0 Å². The van der Waals surface area contributed by atoms with Gasteiger partial charge in [-0.3, -0.25) is 9.52 Å². The third-order valence-electron chi connectivity index (χ3n) is 4.06. The lowest BCUT2D eigenvalue weighted by atomic mass is 10.2. The Morgan fingerprint density at radius 2 is 1.57 bits per heavy atom. The SMILES string of the molecule is COC(=O)c1ccc(NS(=O)(=O)c2ccc(O[C@@H](C)C(=O)NCC(C)C)cc2)cc1. The molecule has 0 aliphatic rings. The number of nitrogens with one attached hydrogen (secondary N) is 2. The van der Waals surface area contributed by atoms with Crippen LogP contribution in [0.2, 0.25) is 0 Å². The number of esters is 1. The van der Waals surface area contributed by atoms with Gasteiger partial charge in [0.2, 0.25) is 0 Å². The van der Waals surface area contributed by atoms with Crippen LogP contribution in [0.25, 0.3) is 0 Å². The van der Waals surface area contributed by atoms with Gasteiger partial charge in [-0.2, -0.15) is 0 Å². The highest BCUT2D eigenvalue weighted by molar-refractivity contribution is 7.92. The summed E-state index contributed by atoms with van der Waals surface area (Å²) in [5.41, 5.74) is 0.618. The van der Waals surface area contributed by atoms with Crippen LogP contribution in [0.15, 0.2) is 53.4 Å². The van der Waals surface area contributed by atoms with Crippen molar-refractivity contribution in [1.82, 2.24) is 5.32 Å². The monoisotopic (exact) mass is 434 g/mol. The van der Waals surface area contributed by atoms with Gasteiger partial charge in [-0.1, -0.05) is 13.8 Å². The molecule has 2 N–H and O–H groups in total. The Bertz CT molecular complexity index is 970. The summed E-state index contributed by atoms with van der Waals surface area (Å²) in [5.74, 6) is -0.0389. The maximum atomic E-state index is 12.6. The average molecular weight is 435 g/mol. The fourth-order valence-corrected chi connectivity index (χ4v) is 3.47. The number of benzene rings is 2. The zero-order chi connectivity index (χ0) is 22.3. The number of ether oxygens (including phenoxy) is 2. The largest absolute Gasteiger partial charge is 0.481 e. The number of carbonyl (C=O) groups is 2. The number of sulfonamides is 1. The molecule has 0 aromatic heterocycles. The van der Waals surface area contributed by atoms with Crippen molar-refractivity contribution in [3.8, 4) is 5.75 Å². The van der Waals surface area contributed by atoms with Crippen LogP contribution >= 0.6 is 0 Å². The van der Waals surface area contributed by atoms with Gasteiger partial charge >= 0.3 is 5.97 Å². The first-order chi connectivity index (χ1) is 14.1. The van der Waals surface area contributed by atoms with E-state index in [2.05, 4.69) is 14.8 Å². The highest BCUT2D eigenvalue weighted by atomic mass is 32.2. The smallest absolute Gasteiger partial charge is 0.337 e. The minimum atomic E-state index is -3.83. The summed E-state index contributed by atoms with van der Waals surface area (Å²) in [6.07, 6.45) is -0.711. The van der Waals surface area contributed by atoms with Crippen molar-refractivity contribution in [3.63, 3.8) is 0 Å². The lowest BCUT2D eigenvalue weighted by Gasteiger charge is -2.16. The third kappa shape index (κ3) is 6.48. The second kappa shape index (κ2) is 10.1. The number of anilines is 1. The Balaban J connectivity index is 2.02. The predicted molar refractivity (Wildman–Crippen MR) is 113 cm³/mol. The summed E-state index contributed by atoms with van der Waals surface area (Å²) in [6.45, 7) is 6.16. The zero-order valence-corrected chi connectivity index (χ0v) is 18.2. The highest BCUT2D eigenvalue weighted by Gasteiger charge is 2.17. The second-order valence-corrected chi connectivity index (χ2v) is 8.73. The molecule has 8 nitrogen and oxygen atoms in total. The van der Waals surface area contributed by atoms with Crippen LogP contribution < -0.4 is 14.8 Å². The quantitative estimate of drug-likeness (QED) is 0.587. The topological polar surface area (TPSA) is 111 Å². The molecule has 1 atom stereocenters. The van der Waals surface area contributed by atoms with E-state index in [1.54, 1.807) is 6.92 Å². The van der Waals surface area contributed by atoms with E-state index in [9.17, 15) is 18.0 Å². The molecule has 2 rings (SSSR count). The van der Waals surface area contributed by atoms with Crippen LogP contribution in [0.4, 0.5) is 5.69 Å². The van der Waals surface area contributed by atoms with E-state index < -0.39 is 22.1 Å². The standard InChI is InChI=1S/C21H26N2O6S/c1-14(2)13-22-20(24)15(3)29-18-9-11-19(12-10-18)30(26,27)23-17-7-5-16(6-8-17)21(25)28-4/h5-12,14-15,23H,13H2,1-4H3,(H,22,24)/t15-/m0/s1. The van der Waals surface area contributed by atoms with E-state index in [-0.39, 0.29) is 10.8 Å². The van der Waals surface area contributed by atoms with Crippen molar-refractivity contribution < 1.29 is 27.5 Å². The van der Waals surface area contributed by atoms with Crippen LogP contribution in [-0.2, 0) is 19.6 Å². The molecule has 162 valence electrons. The number of hydrogen-bond acceptors (Lipinski definition) is 6. The van der Waals surface area contributed by atoms with Crippen LogP contribution in [0.5, 0.6) is 5.75 Å². The molecule has 0 heterocycles. The maximum absolute atomic E-state index is 12.6. The van der Waals surface area contributed by atoms with Crippen LogP contribution in [-0.4, -0.2) is 40.1 Å². The molecule has 0 radical (unpaired) electrons. The van der Waals surface area contributed by atoms with Crippen molar-refractivity contribution in [2.45, 2.75) is 31.8 Å². The fraction of sp³-hybridized carbons (Fsp3) is 0.333. The Morgan fingerprint density at radius 1 is 0.967 bits per heavy atom. The van der Waals surface area contributed by atoms with Crippen LogP contribution in [0, 0.1) is 5.92 Å². The van der Waals surface area contributed by atoms with Crippen molar-refractivity contribution >= 4 is 27.6 Å². The van der Waals surface area contributed by atoms with E-state index in [1.807, 2.05) is 13.8 Å². The maximum Gasteiger partial charge on any atom is 0.337 e. The lowest BCUT2D eigenvalue weighted by molar-refractivity contribution is -0.127. The van der Waals surface area contributed by atoms with Gasteiger partial charge < -0.3 is 14.8 Å². The first-order valence-electron chi connectivity index (χ1n) is 9.38. The minimum absolute atomic E-state index is 0.0313. The normalized spacial score (nSPS) is 12.2. The first-order valence-corrected chi connectivity index (χ1v) is 10.9. The minimum Gasteiger partial charge on any atom is -0.481 e. The molecular formula is C21H26N2O6S. The Hall–Kier alpha value is -3.07. The van der Waals surface area contributed by atoms with Crippen molar-refractivity contribution in [2.24, 2.45) is 5.92 Å². The van der Waals surface area contributed by atoms with E-state index in [1.165, 1.54) is 55.6 Å². The lowest BCUT2D eigenvalue weighted by Crippen LogP contribution is -2.38. The molecule has 9 heteroatoms. The van der Waals surface area contributed by atoms with Crippen molar-refractivity contribution in [2.75, 3.05) is 18.4 Å². The second-order valence-electron chi connectivity index (χ2n) is 7.04. The number of rotatable bonds is 9. The van der Waals surface area contributed by atoms with Crippen LogP contribution in [0.1, 0.15) is 31.1 Å². The Morgan fingerprint density at radius 3 is 2.10 bits per heavy atom. The van der Waals surface area contributed by atoms with Gasteiger partial charge in [0, 0.05) is 12.2 Å². The Kier molecular flexibility index (Phi) is 7.82. The molecule has 30 heavy (non-hydrogen) atoms. The van der Waals surface area contributed by atoms with Gasteiger partial charge in [0.15, 0.2) is 6.10 Å². The molecule has 0 aliphatic carbocycles. The number of methoxy groups -OCH3 is 1. The predicted octanol–water partition coefficient (Wildman–Crippen LogP) is 2.81. The molecule has 0 saturated carbocycles. The molecule has 1 amide bonds. The molecular weight excluding hydrogens is 408 g/mol. The zero-order valence-electron chi connectivity index (χ0n) is 17.3. The number of hydrogen-bond donors (Lipinski definition) is 2. The van der Waals surface area contributed by atoms with Gasteiger partial charge in [0.25, 0.3) is 15.9 Å². The summed E-state index contributed by atoms with van der Waals surface area (Å²) in [4.78, 5) is 23.5. The van der Waals surface area contributed by atoms with Gasteiger partial charge in [0.05, 0.1) is 17.6 Å². The molecule has 0 aliphatic heterocycles. The summed E-state index contributed by atoms with van der Waals surface area (Å²) >= 11 is 0. The van der Waals surface area contributed by atoms with Gasteiger partial charge in [0.1, 0.15) is 5.75 Å². The number of amides is 1. The summed E-state index contributed by atoms with van der Waals surface area (Å²) in [6, 6.07) is 11.6. The van der Waals surface area contributed by atoms with Gasteiger partial charge in [-0.25, -0.2) is 13.2 Å². The first kappa shape index (κ1) is 23.2. The van der Waals surface area contributed by atoms with E-state index in [4.69, 9.17) is 4.74 Å². The van der Waals surface area contributed by atoms with Crippen molar-refractivity contribution in [3.05, 3.63) is 54.1 Å². The third-order valence-corrected chi connectivity index (χ3v) is 5.46. The molecule has 0 unspecified atom stereocenters. The average Bonchev–Trinajstić information content (AvgIpc) is 2.72. The van der Waals surface area contributed by atoms with E-state index in [0.717, 1.165) is 0 Å². The molecule has 0 bridgehead atoms. The highest BCUT2D eigenvalue weighted by Crippen LogP contribution is 2.20. The Labute approximate surface area is 176 Å². The van der Waals surface area contributed by atoms with Crippen LogP contribution in [0.3, 0.4) is 0 Å². The molecule has 0 saturated heterocycles. The summed E-state index contributed by atoms with van der Waals surface area (Å²) < 4.78 is 37.7. The molecule has 2 aromatic rings. The number of carbonyl (C=O) groups excluding carboxylic acids is 2. The van der Waals surface area contributed by atoms with Gasteiger partial charge in [-0.15, -0.1) is 0 Å². The molecule has 0 spiro atoms. The summed E-state index contributed by atoms with van der Waals surface area (Å²) in [5, 5.41) is 2.78. The van der Waals surface area contributed by atoms with E-state index in [0.29, 0.717) is 29.5 Å². The van der Waals surface area contributed by atoms with Crippen molar-refractivity contribution in [1.29, 1.82) is 0 Å². The fourth-order valence-electron chi connectivity index (χ4n) is 2.41. The molecule has 0 fully saturated rings. The van der Waals surface area contributed by atoms with Gasteiger partial charge in [-0.05, 0) is 61.4 Å².